The average molecular weight is 379 g/mol. The van der Waals surface area contributed by atoms with Crippen molar-refractivity contribution in [2.45, 2.75) is 55.3 Å². The monoisotopic (exact) mass is 379 g/mol. The minimum atomic E-state index is -2.02. The molecule has 1 aliphatic heterocycles. The van der Waals surface area contributed by atoms with Gasteiger partial charge in [-0.05, 0) is 19.9 Å². The van der Waals surface area contributed by atoms with Crippen LogP contribution in [0.4, 0.5) is 0 Å². The number of carbonyl (C=O) groups excluding carboxylic acids is 2. The first kappa shape index (κ1) is 22.7. The van der Waals surface area contributed by atoms with Gasteiger partial charge in [-0.15, -0.1) is 0 Å². The van der Waals surface area contributed by atoms with Gasteiger partial charge in [-0.3, -0.25) is 4.79 Å². The molecule has 11 heteroatoms. The maximum Gasteiger partial charge on any atom is 0.234 e. The number of amides is 1. The Morgan fingerprint density at radius 1 is 1.35 bits per heavy atom. The molecule has 7 N–H and O–H groups in total. The van der Waals surface area contributed by atoms with Crippen LogP contribution in [0, 0.1) is 0 Å². The predicted molar refractivity (Wildman–Crippen MR) is 84.5 cm³/mol. The molecule has 0 aromatic carbocycles. The summed E-state index contributed by atoms with van der Waals surface area (Å²) in [7, 11) is 1.52. The summed E-state index contributed by atoms with van der Waals surface area (Å²) < 4.78 is 5.50. The molecule has 0 bridgehead atoms. The van der Waals surface area contributed by atoms with E-state index in [1.165, 1.54) is 7.05 Å². The quantitative estimate of drug-likeness (QED) is 0.193. The van der Waals surface area contributed by atoms with Crippen molar-refractivity contribution in [3.8, 4) is 0 Å². The van der Waals surface area contributed by atoms with Gasteiger partial charge in [0.15, 0.2) is 0 Å². The maximum atomic E-state index is 11.8. The number of nitrogens with one attached hydrogen (secondary N) is 2. The van der Waals surface area contributed by atoms with Gasteiger partial charge < -0.3 is 50.8 Å². The first-order valence-electron chi connectivity index (χ1n) is 8.31. The second-order valence-corrected chi connectivity index (χ2v) is 6.33. The van der Waals surface area contributed by atoms with Crippen molar-refractivity contribution in [3.63, 3.8) is 0 Å². The van der Waals surface area contributed by atoms with Crippen molar-refractivity contribution >= 4 is 11.9 Å². The molecule has 152 valence electrons. The van der Waals surface area contributed by atoms with Gasteiger partial charge in [-0.1, -0.05) is 0 Å². The van der Waals surface area contributed by atoms with Crippen LogP contribution in [0.25, 0.3) is 0 Å². The van der Waals surface area contributed by atoms with E-state index in [1.807, 2.05) is 0 Å². The molecule has 0 aromatic rings. The molecule has 0 aromatic heterocycles. The van der Waals surface area contributed by atoms with E-state index in [9.17, 15) is 30.0 Å². The Balaban J connectivity index is 3.15. The molecule has 11 nitrogen and oxygen atoms in total. The topological polar surface area (TPSA) is 192 Å². The Bertz CT molecular complexity index is 478. The Morgan fingerprint density at radius 2 is 2.00 bits per heavy atom. The largest absolute Gasteiger partial charge is 0.547 e. The molecule has 0 spiro atoms. The number of carboxylic acids is 1. The van der Waals surface area contributed by atoms with E-state index < -0.39 is 61.0 Å². The van der Waals surface area contributed by atoms with Crippen LogP contribution < -0.4 is 15.7 Å². The first-order chi connectivity index (χ1) is 12.2. The highest BCUT2D eigenvalue weighted by molar-refractivity contribution is 5.79. The van der Waals surface area contributed by atoms with Crippen LogP contribution in [0.2, 0.25) is 0 Å². The van der Waals surface area contributed by atoms with E-state index in [0.717, 1.165) is 0 Å². The highest BCUT2D eigenvalue weighted by Crippen LogP contribution is 2.35. The summed E-state index contributed by atoms with van der Waals surface area (Å²) in [5, 5.41) is 65.1. The van der Waals surface area contributed by atoms with Crippen molar-refractivity contribution in [1.82, 2.24) is 10.6 Å². The number of aliphatic carboxylic acids is 1. The summed E-state index contributed by atoms with van der Waals surface area (Å²) in [6, 6.07) is -1.23. The summed E-state index contributed by atoms with van der Waals surface area (Å²) in [5.74, 6) is -2.20. The summed E-state index contributed by atoms with van der Waals surface area (Å²) in [6.07, 6.45) is -7.07. The molecule has 1 heterocycles. The number of ether oxygens (including phenoxy) is 1. The van der Waals surface area contributed by atoms with E-state index in [4.69, 9.17) is 14.9 Å². The fraction of sp³-hybridized carbons (Fsp3) is 0.867. The van der Waals surface area contributed by atoms with Crippen LogP contribution >= 0.6 is 0 Å². The third kappa shape index (κ3) is 5.33. The minimum absolute atomic E-state index is 0.0306. The zero-order chi connectivity index (χ0) is 19.9. The van der Waals surface area contributed by atoms with Crippen LogP contribution in [0.3, 0.4) is 0 Å². The molecule has 0 radical (unpaired) electrons. The molecule has 0 saturated carbocycles. The van der Waals surface area contributed by atoms with Gasteiger partial charge >= 0.3 is 0 Å². The van der Waals surface area contributed by atoms with Crippen molar-refractivity contribution in [3.05, 3.63) is 0 Å². The highest BCUT2D eigenvalue weighted by Gasteiger charge is 2.51. The van der Waals surface area contributed by atoms with Crippen LogP contribution in [0.15, 0.2) is 0 Å². The smallest absolute Gasteiger partial charge is 0.234 e. The molecule has 1 rings (SSSR count). The lowest BCUT2D eigenvalue weighted by molar-refractivity contribution is -0.341. The van der Waals surface area contributed by atoms with Gasteiger partial charge in [0.25, 0.3) is 0 Å². The Hall–Kier alpha value is -1.34. The second kappa shape index (κ2) is 10.1. The van der Waals surface area contributed by atoms with Crippen molar-refractivity contribution in [2.75, 3.05) is 26.8 Å². The molecule has 1 saturated heterocycles. The minimum Gasteiger partial charge on any atom is -0.547 e. The number of aliphatic hydroxyl groups is 5. The molecule has 1 amide bonds. The van der Waals surface area contributed by atoms with Gasteiger partial charge in [-0.25, -0.2) is 0 Å². The zero-order valence-corrected chi connectivity index (χ0v) is 14.5. The van der Waals surface area contributed by atoms with Crippen molar-refractivity contribution < 1.29 is 45.0 Å². The molecule has 1 aliphatic rings. The summed E-state index contributed by atoms with van der Waals surface area (Å²) in [5.41, 5.74) is -2.02. The average Bonchev–Trinajstić information content (AvgIpc) is 2.60. The van der Waals surface area contributed by atoms with Crippen LogP contribution in [-0.4, -0.2) is 100 Å². The van der Waals surface area contributed by atoms with Gasteiger partial charge in [0.05, 0.1) is 31.3 Å². The Labute approximate surface area is 150 Å². The predicted octanol–water partition coefficient (Wildman–Crippen LogP) is -5.18. The highest BCUT2D eigenvalue weighted by atomic mass is 16.6. The van der Waals surface area contributed by atoms with Gasteiger partial charge in [0.2, 0.25) is 5.91 Å². The van der Waals surface area contributed by atoms with E-state index in [1.54, 1.807) is 0 Å². The standard InChI is InChI=1S/C15H28N2O9/c1-16-6-10(22)17-11-8(20)5-15(14(24)25,3-2-4-18)26-13(11)12(23)9(21)7-19/h8-9,11-13,16,18-21,23H,2-7H2,1H3,(H,17,22)(H,24,25)/p-1/t8?,9-,11?,12-,13?,15?/m1/s1. The molecule has 26 heavy (non-hydrogen) atoms. The molecule has 4 unspecified atom stereocenters. The Kier molecular flexibility index (Phi) is 8.83. The lowest BCUT2D eigenvalue weighted by atomic mass is 9.81. The number of hydrogen-bond donors (Lipinski definition) is 7. The summed E-state index contributed by atoms with van der Waals surface area (Å²) in [4.78, 5) is 23.5. The Morgan fingerprint density at radius 3 is 2.50 bits per heavy atom. The third-order valence-electron chi connectivity index (χ3n) is 4.36. The third-order valence-corrected chi connectivity index (χ3v) is 4.36. The van der Waals surface area contributed by atoms with E-state index >= 15 is 0 Å². The van der Waals surface area contributed by atoms with Crippen LogP contribution in [0.5, 0.6) is 0 Å². The number of carboxylic acid groups (broad SMARTS) is 1. The van der Waals surface area contributed by atoms with Crippen molar-refractivity contribution in [2.24, 2.45) is 0 Å². The SMILES string of the molecule is CNCC(=O)NC1C(O)CC(CCCO)(C(=O)[O-])OC1[C@H](O)[C@H](O)CO. The lowest BCUT2D eigenvalue weighted by Crippen LogP contribution is -2.69. The normalized spacial score (nSPS) is 31.2. The van der Waals surface area contributed by atoms with E-state index in [2.05, 4.69) is 10.6 Å². The van der Waals surface area contributed by atoms with E-state index in [-0.39, 0.29) is 26.0 Å². The van der Waals surface area contributed by atoms with E-state index in [0.29, 0.717) is 0 Å². The molecular weight excluding hydrogens is 352 g/mol. The first-order valence-corrected chi connectivity index (χ1v) is 8.31. The number of carbonyl (C=O) groups is 2. The molecule has 6 atom stereocenters. The number of likely N-dealkylation sites (N-methyl/N-ethyl adjacent to an activating group) is 1. The molecule has 0 aliphatic carbocycles. The maximum absolute atomic E-state index is 11.8. The molecular formula is C15H27N2O9-. The van der Waals surface area contributed by atoms with Gasteiger partial charge in [0, 0.05) is 13.0 Å². The fourth-order valence-corrected chi connectivity index (χ4v) is 3.01. The van der Waals surface area contributed by atoms with Gasteiger partial charge in [0.1, 0.15) is 23.9 Å². The van der Waals surface area contributed by atoms with Crippen LogP contribution in [-0.2, 0) is 14.3 Å². The molecule has 1 fully saturated rings. The number of rotatable bonds is 10. The lowest BCUT2D eigenvalue weighted by Gasteiger charge is -2.49. The van der Waals surface area contributed by atoms with Crippen LogP contribution in [0.1, 0.15) is 19.3 Å². The van der Waals surface area contributed by atoms with Crippen molar-refractivity contribution in [1.29, 1.82) is 0 Å². The fourth-order valence-electron chi connectivity index (χ4n) is 3.01. The second-order valence-electron chi connectivity index (χ2n) is 6.33. The number of aliphatic hydroxyl groups excluding tert-OH is 5. The summed E-state index contributed by atoms with van der Waals surface area (Å²) in [6.45, 7) is -1.28. The van der Waals surface area contributed by atoms with Gasteiger partial charge in [-0.2, -0.15) is 0 Å². The number of hydrogen-bond acceptors (Lipinski definition) is 10. The summed E-state index contributed by atoms with van der Waals surface area (Å²) >= 11 is 0. The zero-order valence-electron chi connectivity index (χ0n) is 14.5.